The molecule has 1 unspecified atom stereocenters. The molecule has 80 valence electrons. The molecule has 0 fully saturated rings. The molecule has 0 heterocycles. The third kappa shape index (κ3) is 15.8. The van der Waals surface area contributed by atoms with Crippen molar-refractivity contribution in [2.24, 2.45) is 0 Å². The Balaban J connectivity index is 0. The van der Waals surface area contributed by atoms with Crippen LogP contribution in [0.1, 0.15) is 71.6 Å². The van der Waals surface area contributed by atoms with E-state index in [2.05, 4.69) is 13.8 Å². The van der Waals surface area contributed by atoms with Crippen molar-refractivity contribution in [3.05, 3.63) is 0 Å². The summed E-state index contributed by atoms with van der Waals surface area (Å²) in [5.74, 6) is 0. The molecule has 0 saturated carbocycles. The molecule has 0 bridgehead atoms. The average molecular weight is 224 g/mol. The van der Waals surface area contributed by atoms with Crippen LogP contribution in [0.15, 0.2) is 0 Å². The van der Waals surface area contributed by atoms with Gasteiger partial charge in [-0.3, -0.25) is 0 Å². The maximum absolute atomic E-state index is 5.11. The Morgan fingerprint density at radius 1 is 0.857 bits per heavy atom. The second-order valence-corrected chi connectivity index (χ2v) is 4.88. The minimum atomic E-state index is 0. The zero-order chi connectivity index (χ0) is 9.94. The Kier molecular flexibility index (Phi) is 18.2. The number of rotatable bonds is 9. The molecule has 0 aromatic heterocycles. The van der Waals surface area contributed by atoms with Crippen molar-refractivity contribution in [1.29, 1.82) is 0 Å². The van der Waals surface area contributed by atoms with Gasteiger partial charge in [0.2, 0.25) is 0 Å². The van der Waals surface area contributed by atoms with Crippen molar-refractivity contribution >= 4 is 12.6 Å². The quantitative estimate of drug-likeness (QED) is 0.325. The van der Waals surface area contributed by atoms with Crippen molar-refractivity contribution in [1.82, 2.24) is 0 Å². The Morgan fingerprint density at radius 3 is 1.71 bits per heavy atom. The van der Waals surface area contributed by atoms with Crippen molar-refractivity contribution in [3.8, 4) is 0 Å². The van der Waals surface area contributed by atoms with Crippen LogP contribution in [0.5, 0.6) is 0 Å². The van der Waals surface area contributed by atoms with Gasteiger partial charge >= 0.3 is 29.6 Å². The molecular weight excluding hydrogens is 199 g/mol. The predicted molar refractivity (Wildman–Crippen MR) is 64.1 cm³/mol. The van der Waals surface area contributed by atoms with Crippen molar-refractivity contribution < 1.29 is 29.6 Å². The molecule has 0 N–H and O–H groups in total. The molecule has 1 atom stereocenters. The Labute approximate surface area is 118 Å². The molecular formula is C12H25NaS. The van der Waals surface area contributed by atoms with E-state index >= 15 is 0 Å². The van der Waals surface area contributed by atoms with E-state index < -0.39 is 0 Å². The predicted octanol–water partition coefficient (Wildman–Crippen LogP) is 1.46. The van der Waals surface area contributed by atoms with E-state index in [-0.39, 0.29) is 29.6 Å². The smallest absolute Gasteiger partial charge is 0.789 e. The van der Waals surface area contributed by atoms with Crippen LogP contribution >= 0.6 is 0 Å². The summed E-state index contributed by atoms with van der Waals surface area (Å²) in [5, 5.41) is 0.486. The number of hydrogen-bond acceptors (Lipinski definition) is 1. The van der Waals surface area contributed by atoms with Crippen molar-refractivity contribution in [2.75, 3.05) is 0 Å². The summed E-state index contributed by atoms with van der Waals surface area (Å²) < 4.78 is 0. The summed E-state index contributed by atoms with van der Waals surface area (Å²) in [6.07, 6.45) is 12.5. The van der Waals surface area contributed by atoms with E-state index in [0.717, 1.165) is 0 Å². The molecule has 0 saturated heterocycles. The first-order valence-corrected chi connectivity index (χ1v) is 6.40. The second-order valence-electron chi connectivity index (χ2n) is 4.07. The maximum Gasteiger partial charge on any atom is 1.00 e. The summed E-state index contributed by atoms with van der Waals surface area (Å²) in [6.45, 7) is 4.40. The SMILES string of the molecule is CCCCCCCCCCC(C)[S-].[Na+]. The van der Waals surface area contributed by atoms with Crippen LogP contribution in [-0.2, 0) is 12.6 Å². The Hall–Kier alpha value is 1.35. The first-order valence-electron chi connectivity index (χ1n) is 5.93. The topological polar surface area (TPSA) is 0 Å². The van der Waals surface area contributed by atoms with Gasteiger partial charge in [-0.05, 0) is 0 Å². The van der Waals surface area contributed by atoms with Crippen LogP contribution in [0.4, 0.5) is 0 Å². The molecule has 0 radical (unpaired) electrons. The van der Waals surface area contributed by atoms with Gasteiger partial charge in [-0.2, -0.15) is 5.25 Å². The molecule has 14 heavy (non-hydrogen) atoms. The van der Waals surface area contributed by atoms with Gasteiger partial charge in [-0.15, -0.1) is 0 Å². The van der Waals surface area contributed by atoms with Crippen LogP contribution in [-0.4, -0.2) is 5.25 Å². The molecule has 0 aliphatic rings. The van der Waals surface area contributed by atoms with E-state index in [1.54, 1.807) is 0 Å². The van der Waals surface area contributed by atoms with E-state index in [1.807, 2.05) is 0 Å². The summed E-state index contributed by atoms with van der Waals surface area (Å²) in [5.41, 5.74) is 0. The van der Waals surface area contributed by atoms with Crippen LogP contribution in [0.25, 0.3) is 0 Å². The van der Waals surface area contributed by atoms with Gasteiger partial charge in [0.05, 0.1) is 0 Å². The van der Waals surface area contributed by atoms with Crippen LogP contribution in [0, 0.1) is 0 Å². The van der Waals surface area contributed by atoms with E-state index in [0.29, 0.717) is 5.25 Å². The standard InChI is InChI=1S/C12H26S.Na/c1-3-4-5-6-7-8-9-10-11-12(2)13;/h12-13H,3-11H2,1-2H3;/q;+1/p-1. The van der Waals surface area contributed by atoms with Gasteiger partial charge in [0.15, 0.2) is 0 Å². The minimum absolute atomic E-state index is 0. The fourth-order valence-corrected chi connectivity index (χ4v) is 1.73. The Bertz CT molecular complexity index is 94.3. The maximum atomic E-state index is 5.11. The van der Waals surface area contributed by atoms with Crippen LogP contribution in [0.2, 0.25) is 0 Å². The van der Waals surface area contributed by atoms with Gasteiger partial charge < -0.3 is 12.6 Å². The zero-order valence-corrected chi connectivity index (χ0v) is 13.2. The second kappa shape index (κ2) is 14.3. The molecule has 0 amide bonds. The fraction of sp³-hybridized carbons (Fsp3) is 1.00. The number of hydrogen-bond donors (Lipinski definition) is 0. The van der Waals surface area contributed by atoms with E-state index in [1.165, 1.54) is 57.8 Å². The fourth-order valence-electron chi connectivity index (χ4n) is 1.57. The molecule has 0 aliphatic heterocycles. The van der Waals surface area contributed by atoms with Crippen LogP contribution in [0.3, 0.4) is 0 Å². The Morgan fingerprint density at radius 2 is 1.29 bits per heavy atom. The molecule has 0 aromatic carbocycles. The first-order chi connectivity index (χ1) is 6.27. The third-order valence-electron chi connectivity index (χ3n) is 2.46. The summed E-state index contributed by atoms with van der Waals surface area (Å²) in [4.78, 5) is 0. The molecule has 2 heteroatoms. The molecule has 0 nitrogen and oxygen atoms in total. The largest absolute Gasteiger partial charge is 1.00 e. The molecule has 0 aliphatic carbocycles. The minimum Gasteiger partial charge on any atom is -0.789 e. The van der Waals surface area contributed by atoms with E-state index in [9.17, 15) is 0 Å². The average Bonchev–Trinajstić information content (AvgIpc) is 2.09. The number of unbranched alkanes of at least 4 members (excludes halogenated alkanes) is 7. The van der Waals surface area contributed by atoms with Gasteiger partial charge in [0.1, 0.15) is 0 Å². The molecule has 0 spiro atoms. The van der Waals surface area contributed by atoms with Gasteiger partial charge in [-0.1, -0.05) is 71.6 Å². The summed E-state index contributed by atoms with van der Waals surface area (Å²) >= 11 is 5.11. The normalized spacial score (nSPS) is 12.2. The van der Waals surface area contributed by atoms with Gasteiger partial charge in [0, 0.05) is 0 Å². The summed E-state index contributed by atoms with van der Waals surface area (Å²) in [6, 6.07) is 0. The van der Waals surface area contributed by atoms with Gasteiger partial charge in [-0.25, -0.2) is 0 Å². The van der Waals surface area contributed by atoms with Gasteiger partial charge in [0.25, 0.3) is 0 Å². The van der Waals surface area contributed by atoms with Crippen molar-refractivity contribution in [3.63, 3.8) is 0 Å². The zero-order valence-electron chi connectivity index (χ0n) is 10.3. The van der Waals surface area contributed by atoms with E-state index in [4.69, 9.17) is 12.6 Å². The third-order valence-corrected chi connectivity index (χ3v) is 2.70. The monoisotopic (exact) mass is 224 g/mol. The van der Waals surface area contributed by atoms with Crippen molar-refractivity contribution in [2.45, 2.75) is 76.9 Å². The molecule has 0 rings (SSSR count). The van der Waals surface area contributed by atoms with Crippen LogP contribution < -0.4 is 29.6 Å². The first kappa shape index (κ1) is 17.7. The summed E-state index contributed by atoms with van der Waals surface area (Å²) in [7, 11) is 0. The molecule has 0 aromatic rings.